The van der Waals surface area contributed by atoms with Gasteiger partial charge in [-0.2, -0.15) is 0 Å². The van der Waals surface area contributed by atoms with Gasteiger partial charge < -0.3 is 10.4 Å². The van der Waals surface area contributed by atoms with E-state index in [0.29, 0.717) is 18.1 Å². The van der Waals surface area contributed by atoms with Gasteiger partial charge in [-0.15, -0.1) is 0 Å². The molecule has 1 heterocycles. The molecule has 1 unspecified atom stereocenters. The second-order valence-corrected chi connectivity index (χ2v) is 5.93. The van der Waals surface area contributed by atoms with E-state index in [-0.39, 0.29) is 18.6 Å². The highest BCUT2D eigenvalue weighted by Gasteiger charge is 2.22. The maximum absolute atomic E-state index is 12.1. The molecular formula is C16H23ClN2O2. The Balaban J connectivity index is 1.84. The van der Waals surface area contributed by atoms with Crippen LogP contribution in [0.1, 0.15) is 31.2 Å². The van der Waals surface area contributed by atoms with E-state index in [1.165, 1.54) is 6.42 Å². The molecule has 0 saturated carbocycles. The molecule has 1 aliphatic rings. The van der Waals surface area contributed by atoms with Gasteiger partial charge in [0.1, 0.15) is 0 Å². The van der Waals surface area contributed by atoms with Crippen molar-refractivity contribution in [1.82, 2.24) is 10.2 Å². The number of nitrogens with one attached hydrogen (secondary N) is 1. The quantitative estimate of drug-likeness (QED) is 0.876. The summed E-state index contributed by atoms with van der Waals surface area (Å²) in [5, 5.41) is 13.0. The molecule has 1 fully saturated rings. The highest BCUT2D eigenvalue weighted by Crippen LogP contribution is 2.16. The van der Waals surface area contributed by atoms with Crippen LogP contribution in [-0.2, 0) is 11.3 Å². The zero-order chi connectivity index (χ0) is 15.1. The number of hydrogen-bond acceptors (Lipinski definition) is 3. The second-order valence-electron chi connectivity index (χ2n) is 5.52. The number of likely N-dealkylation sites (tertiary alicyclic amines) is 1. The molecule has 1 amide bonds. The van der Waals surface area contributed by atoms with E-state index in [1.807, 2.05) is 24.3 Å². The van der Waals surface area contributed by atoms with Gasteiger partial charge in [0.25, 0.3) is 0 Å². The van der Waals surface area contributed by atoms with Gasteiger partial charge >= 0.3 is 0 Å². The lowest BCUT2D eigenvalue weighted by Crippen LogP contribution is -2.44. The van der Waals surface area contributed by atoms with E-state index in [0.717, 1.165) is 31.4 Å². The number of benzene rings is 1. The van der Waals surface area contributed by atoms with Gasteiger partial charge in [0.15, 0.2) is 0 Å². The third-order valence-corrected chi connectivity index (χ3v) is 4.36. The van der Waals surface area contributed by atoms with E-state index in [9.17, 15) is 9.90 Å². The molecule has 4 nitrogen and oxygen atoms in total. The molecule has 1 aliphatic heterocycles. The first-order valence-electron chi connectivity index (χ1n) is 7.55. The van der Waals surface area contributed by atoms with Crippen LogP contribution in [0.25, 0.3) is 0 Å². The summed E-state index contributed by atoms with van der Waals surface area (Å²) in [4.78, 5) is 14.2. The van der Waals surface area contributed by atoms with Crippen molar-refractivity contribution < 1.29 is 9.90 Å². The fraction of sp³-hybridized carbons (Fsp3) is 0.562. The standard InChI is InChI=1S/C16H23ClN2O2/c17-15-8-4-3-6-13(15)10-18-16(21)11-19-9-5-1-2-7-14(19)12-20/h3-4,6,8,14,20H,1-2,5,7,9-12H2,(H,18,21). The smallest absolute Gasteiger partial charge is 0.234 e. The first-order valence-corrected chi connectivity index (χ1v) is 7.93. The minimum absolute atomic E-state index is 0.0183. The number of halogens is 1. The molecule has 0 aliphatic carbocycles. The zero-order valence-electron chi connectivity index (χ0n) is 12.2. The average Bonchev–Trinajstić information content (AvgIpc) is 2.71. The number of nitrogens with zero attached hydrogens (tertiary/aromatic N) is 1. The maximum Gasteiger partial charge on any atom is 0.234 e. The predicted octanol–water partition coefficient (Wildman–Crippen LogP) is 2.19. The Morgan fingerprint density at radius 1 is 1.33 bits per heavy atom. The highest BCUT2D eigenvalue weighted by atomic mass is 35.5. The number of aliphatic hydroxyl groups is 1. The second kappa shape index (κ2) is 8.37. The van der Waals surface area contributed by atoms with Crippen molar-refractivity contribution in [1.29, 1.82) is 0 Å². The molecule has 5 heteroatoms. The molecular weight excluding hydrogens is 288 g/mol. The normalized spacial score (nSPS) is 20.0. The van der Waals surface area contributed by atoms with Crippen molar-refractivity contribution in [3.63, 3.8) is 0 Å². The van der Waals surface area contributed by atoms with Crippen LogP contribution in [0, 0.1) is 0 Å². The Bertz CT molecular complexity index is 467. The summed E-state index contributed by atoms with van der Waals surface area (Å²) < 4.78 is 0. The average molecular weight is 311 g/mol. The van der Waals surface area contributed by atoms with Crippen molar-refractivity contribution in [3.8, 4) is 0 Å². The van der Waals surface area contributed by atoms with Gasteiger partial charge in [-0.1, -0.05) is 42.6 Å². The topological polar surface area (TPSA) is 52.6 Å². The van der Waals surface area contributed by atoms with Crippen molar-refractivity contribution >= 4 is 17.5 Å². The van der Waals surface area contributed by atoms with Crippen molar-refractivity contribution in [3.05, 3.63) is 34.9 Å². The summed E-state index contributed by atoms with van der Waals surface area (Å²) in [7, 11) is 0. The molecule has 0 bridgehead atoms. The van der Waals surface area contributed by atoms with E-state index >= 15 is 0 Å². The summed E-state index contributed by atoms with van der Waals surface area (Å²) >= 11 is 6.07. The summed E-state index contributed by atoms with van der Waals surface area (Å²) in [5.74, 6) is -0.0183. The molecule has 2 N–H and O–H groups in total. The Hall–Kier alpha value is -1.10. The number of amides is 1. The highest BCUT2D eigenvalue weighted by molar-refractivity contribution is 6.31. The molecule has 0 radical (unpaired) electrons. The fourth-order valence-electron chi connectivity index (χ4n) is 2.73. The van der Waals surface area contributed by atoms with Crippen molar-refractivity contribution in [2.45, 2.75) is 38.3 Å². The largest absolute Gasteiger partial charge is 0.395 e. The number of aliphatic hydroxyl groups excluding tert-OH is 1. The van der Waals surface area contributed by atoms with Crippen molar-refractivity contribution in [2.24, 2.45) is 0 Å². The van der Waals surface area contributed by atoms with Crippen LogP contribution in [0.4, 0.5) is 0 Å². The molecule has 0 aromatic heterocycles. The Kier molecular flexibility index (Phi) is 6.49. The lowest BCUT2D eigenvalue weighted by Gasteiger charge is -2.27. The van der Waals surface area contributed by atoms with Crippen LogP contribution in [-0.4, -0.2) is 41.7 Å². The number of carbonyl (C=O) groups is 1. The van der Waals surface area contributed by atoms with Crippen LogP contribution in [0.5, 0.6) is 0 Å². The van der Waals surface area contributed by atoms with Gasteiger partial charge in [-0.05, 0) is 31.0 Å². The third-order valence-electron chi connectivity index (χ3n) is 3.99. The van der Waals surface area contributed by atoms with E-state index in [1.54, 1.807) is 0 Å². The number of rotatable bonds is 5. The van der Waals surface area contributed by atoms with E-state index in [4.69, 9.17) is 11.6 Å². The predicted molar refractivity (Wildman–Crippen MR) is 84.2 cm³/mol. The van der Waals surface area contributed by atoms with Crippen LogP contribution in [0.15, 0.2) is 24.3 Å². The van der Waals surface area contributed by atoms with Gasteiger partial charge in [-0.3, -0.25) is 9.69 Å². The van der Waals surface area contributed by atoms with Crippen LogP contribution >= 0.6 is 11.6 Å². The molecule has 1 aromatic carbocycles. The lowest BCUT2D eigenvalue weighted by atomic mass is 10.1. The van der Waals surface area contributed by atoms with Gasteiger partial charge in [0.05, 0.1) is 13.2 Å². The molecule has 21 heavy (non-hydrogen) atoms. The van der Waals surface area contributed by atoms with Crippen molar-refractivity contribution in [2.75, 3.05) is 19.7 Å². The first kappa shape index (κ1) is 16.3. The Labute approximate surface area is 131 Å². The molecule has 1 aromatic rings. The first-order chi connectivity index (χ1) is 10.2. The van der Waals surface area contributed by atoms with Gasteiger partial charge in [0.2, 0.25) is 5.91 Å². The summed E-state index contributed by atoms with van der Waals surface area (Å²) in [6.45, 7) is 1.79. The number of hydrogen-bond donors (Lipinski definition) is 2. The minimum atomic E-state index is -0.0183. The summed E-state index contributed by atoms with van der Waals surface area (Å²) in [6, 6.07) is 7.62. The molecule has 2 rings (SSSR count). The van der Waals surface area contributed by atoms with Gasteiger partial charge in [-0.25, -0.2) is 0 Å². The van der Waals surface area contributed by atoms with Crippen LogP contribution < -0.4 is 5.32 Å². The molecule has 0 spiro atoms. The van der Waals surface area contributed by atoms with Gasteiger partial charge in [0, 0.05) is 17.6 Å². The van der Waals surface area contributed by atoms with E-state index < -0.39 is 0 Å². The Morgan fingerprint density at radius 3 is 2.90 bits per heavy atom. The lowest BCUT2D eigenvalue weighted by molar-refractivity contribution is -0.123. The monoisotopic (exact) mass is 310 g/mol. The van der Waals surface area contributed by atoms with Crippen LogP contribution in [0.3, 0.4) is 0 Å². The summed E-state index contributed by atoms with van der Waals surface area (Å²) in [5.41, 5.74) is 0.919. The minimum Gasteiger partial charge on any atom is -0.395 e. The summed E-state index contributed by atoms with van der Waals surface area (Å²) in [6.07, 6.45) is 4.36. The fourth-order valence-corrected chi connectivity index (χ4v) is 2.93. The molecule has 116 valence electrons. The SMILES string of the molecule is O=C(CN1CCCCCC1CO)NCc1ccccc1Cl. The molecule has 1 atom stereocenters. The number of carbonyl (C=O) groups excluding carboxylic acids is 1. The van der Waals surface area contributed by atoms with E-state index in [2.05, 4.69) is 10.2 Å². The third kappa shape index (κ3) is 4.99. The Morgan fingerprint density at radius 2 is 2.14 bits per heavy atom. The maximum atomic E-state index is 12.1. The van der Waals surface area contributed by atoms with Crippen LogP contribution in [0.2, 0.25) is 5.02 Å². The zero-order valence-corrected chi connectivity index (χ0v) is 13.0. The molecule has 1 saturated heterocycles.